The molecule has 0 aliphatic rings. The summed E-state index contributed by atoms with van der Waals surface area (Å²) in [7, 11) is 0. The average Bonchev–Trinajstić information content (AvgIpc) is 2.46. The molecule has 1 amide bonds. The van der Waals surface area contributed by atoms with Crippen LogP contribution in [-0.4, -0.2) is 12.5 Å². The van der Waals surface area contributed by atoms with E-state index in [1.54, 1.807) is 30.3 Å². The van der Waals surface area contributed by atoms with Crippen molar-refractivity contribution in [2.24, 2.45) is 0 Å². The van der Waals surface area contributed by atoms with Crippen molar-refractivity contribution >= 4 is 34.8 Å². The Bertz CT molecular complexity index is 649. The van der Waals surface area contributed by atoms with Crippen LogP contribution in [0.2, 0.25) is 10.0 Å². The molecule has 2 aromatic rings. The van der Waals surface area contributed by atoms with Crippen molar-refractivity contribution in [3.63, 3.8) is 0 Å². The number of carbonyl (C=O) groups excluding carboxylic acids is 1. The summed E-state index contributed by atoms with van der Waals surface area (Å²) in [4.78, 5) is 11.7. The third-order valence-electron chi connectivity index (χ3n) is 2.65. The molecule has 1 N–H and O–H groups in total. The van der Waals surface area contributed by atoms with Gasteiger partial charge in [0.2, 0.25) is 5.91 Å². The van der Waals surface area contributed by atoms with Gasteiger partial charge in [-0.3, -0.25) is 4.79 Å². The Balaban J connectivity index is 1.85. The van der Waals surface area contributed by atoms with Crippen LogP contribution in [0.25, 0.3) is 0 Å². The summed E-state index contributed by atoms with van der Waals surface area (Å²) < 4.78 is 18.7. The molecule has 0 fully saturated rings. The molecule has 110 valence electrons. The third kappa shape index (κ3) is 4.34. The van der Waals surface area contributed by atoms with Crippen LogP contribution < -0.4 is 10.1 Å². The van der Waals surface area contributed by atoms with Gasteiger partial charge in [0.15, 0.2) is 0 Å². The molecule has 0 heterocycles. The fourth-order valence-electron chi connectivity index (χ4n) is 1.62. The lowest BCUT2D eigenvalue weighted by Crippen LogP contribution is -2.16. The molecule has 0 aromatic heterocycles. The minimum absolute atomic E-state index is 0.0666. The van der Waals surface area contributed by atoms with Gasteiger partial charge in [-0.15, -0.1) is 0 Å². The predicted octanol–water partition coefficient (Wildman–Crippen LogP) is 4.54. The number of hydrogen-bond acceptors (Lipinski definition) is 2. The topological polar surface area (TPSA) is 38.3 Å². The Hall–Kier alpha value is -1.78. The highest BCUT2D eigenvalue weighted by Crippen LogP contribution is 2.31. The minimum atomic E-state index is -0.482. The minimum Gasteiger partial charge on any atom is -0.491 e. The molecule has 2 rings (SSSR count). The van der Waals surface area contributed by atoms with Gasteiger partial charge in [-0.2, -0.15) is 0 Å². The summed E-state index contributed by atoms with van der Waals surface area (Å²) in [5.74, 6) is -0.425. The van der Waals surface area contributed by atoms with Gasteiger partial charge in [-0.05, 0) is 24.3 Å². The molecule has 0 aliphatic carbocycles. The Morgan fingerprint density at radius 3 is 2.67 bits per heavy atom. The maximum Gasteiger partial charge on any atom is 0.227 e. The molecule has 0 bridgehead atoms. The van der Waals surface area contributed by atoms with E-state index in [2.05, 4.69) is 5.32 Å². The molecular formula is C15H12Cl2FNO2. The first-order valence-corrected chi connectivity index (χ1v) is 6.94. The smallest absolute Gasteiger partial charge is 0.227 e. The zero-order chi connectivity index (χ0) is 15.2. The number of halogens is 3. The normalized spacial score (nSPS) is 10.2. The highest BCUT2D eigenvalue weighted by molar-refractivity contribution is 6.42. The summed E-state index contributed by atoms with van der Waals surface area (Å²) in [6.07, 6.45) is 0.0666. The first-order valence-electron chi connectivity index (χ1n) is 6.19. The molecule has 0 spiro atoms. The molecule has 2 aromatic carbocycles. The summed E-state index contributed by atoms with van der Waals surface area (Å²) in [5.41, 5.74) is 0.142. The Morgan fingerprint density at radius 2 is 1.90 bits per heavy atom. The Kier molecular flexibility index (Phi) is 5.42. The number of anilines is 1. The standard InChI is InChI=1S/C15H12Cl2FNO2/c16-10-4-3-7-13(15(10)17)21-9-8-14(20)19-12-6-2-1-5-11(12)18/h1-7H,8-9H2,(H,19,20). The molecular weight excluding hydrogens is 316 g/mol. The zero-order valence-corrected chi connectivity index (χ0v) is 12.4. The van der Waals surface area contributed by atoms with Crippen LogP contribution in [0.15, 0.2) is 42.5 Å². The van der Waals surface area contributed by atoms with E-state index in [1.807, 2.05) is 0 Å². The number of ether oxygens (including phenoxy) is 1. The molecule has 6 heteroatoms. The van der Waals surface area contributed by atoms with Gasteiger partial charge in [0.25, 0.3) is 0 Å². The van der Waals surface area contributed by atoms with Crippen LogP contribution in [-0.2, 0) is 4.79 Å². The lowest BCUT2D eigenvalue weighted by atomic mass is 10.3. The number of rotatable bonds is 5. The van der Waals surface area contributed by atoms with E-state index in [4.69, 9.17) is 27.9 Å². The van der Waals surface area contributed by atoms with Crippen LogP contribution in [0, 0.1) is 5.82 Å². The highest BCUT2D eigenvalue weighted by Gasteiger charge is 2.08. The van der Waals surface area contributed by atoms with E-state index in [0.717, 1.165) is 0 Å². The second-order valence-corrected chi connectivity index (χ2v) is 4.96. The van der Waals surface area contributed by atoms with Crippen LogP contribution >= 0.6 is 23.2 Å². The Labute approximate surface area is 131 Å². The number of carbonyl (C=O) groups is 1. The summed E-state index contributed by atoms with van der Waals surface area (Å²) in [6, 6.07) is 10.9. The second-order valence-electron chi connectivity index (χ2n) is 4.18. The van der Waals surface area contributed by atoms with Crippen molar-refractivity contribution in [3.05, 3.63) is 58.3 Å². The van der Waals surface area contributed by atoms with Gasteiger partial charge in [0.1, 0.15) is 16.6 Å². The van der Waals surface area contributed by atoms with Crippen molar-refractivity contribution in [1.29, 1.82) is 0 Å². The van der Waals surface area contributed by atoms with Gasteiger partial charge in [0, 0.05) is 0 Å². The molecule has 0 saturated heterocycles. The molecule has 21 heavy (non-hydrogen) atoms. The third-order valence-corrected chi connectivity index (χ3v) is 3.45. The van der Waals surface area contributed by atoms with E-state index in [9.17, 15) is 9.18 Å². The van der Waals surface area contributed by atoms with Crippen molar-refractivity contribution in [2.45, 2.75) is 6.42 Å². The SMILES string of the molecule is O=C(CCOc1cccc(Cl)c1Cl)Nc1ccccc1F. The number of nitrogens with one attached hydrogen (secondary N) is 1. The van der Waals surface area contributed by atoms with Crippen LogP contribution in [0.1, 0.15) is 6.42 Å². The fraction of sp³-hybridized carbons (Fsp3) is 0.133. The maximum absolute atomic E-state index is 13.4. The predicted molar refractivity (Wildman–Crippen MR) is 81.6 cm³/mol. The second kappa shape index (κ2) is 7.29. The van der Waals surface area contributed by atoms with Gasteiger partial charge < -0.3 is 10.1 Å². The first-order chi connectivity index (χ1) is 10.1. The van der Waals surface area contributed by atoms with Gasteiger partial charge >= 0.3 is 0 Å². The highest BCUT2D eigenvalue weighted by atomic mass is 35.5. The molecule has 0 aliphatic heterocycles. The van der Waals surface area contributed by atoms with Crippen LogP contribution in [0.3, 0.4) is 0 Å². The largest absolute Gasteiger partial charge is 0.491 e. The maximum atomic E-state index is 13.4. The van der Waals surface area contributed by atoms with E-state index in [1.165, 1.54) is 12.1 Å². The van der Waals surface area contributed by atoms with Gasteiger partial charge in [-0.25, -0.2) is 4.39 Å². The van der Waals surface area contributed by atoms with E-state index < -0.39 is 5.82 Å². The van der Waals surface area contributed by atoms with Crippen molar-refractivity contribution in [3.8, 4) is 5.75 Å². The molecule has 0 atom stereocenters. The molecule has 0 unspecified atom stereocenters. The van der Waals surface area contributed by atoms with E-state index >= 15 is 0 Å². The average molecular weight is 328 g/mol. The van der Waals surface area contributed by atoms with Crippen molar-refractivity contribution in [2.75, 3.05) is 11.9 Å². The first kappa shape index (κ1) is 15.6. The van der Waals surface area contributed by atoms with Crippen LogP contribution in [0.4, 0.5) is 10.1 Å². The van der Waals surface area contributed by atoms with Gasteiger partial charge in [-0.1, -0.05) is 41.4 Å². The summed E-state index contributed by atoms with van der Waals surface area (Å²) in [6.45, 7) is 0.111. The Morgan fingerprint density at radius 1 is 1.14 bits per heavy atom. The monoisotopic (exact) mass is 327 g/mol. The molecule has 0 radical (unpaired) electrons. The van der Waals surface area contributed by atoms with E-state index in [-0.39, 0.29) is 24.6 Å². The number of amides is 1. The molecule has 0 saturated carbocycles. The summed E-state index contributed by atoms with van der Waals surface area (Å²) >= 11 is 11.8. The number of para-hydroxylation sites is 1. The van der Waals surface area contributed by atoms with Crippen molar-refractivity contribution in [1.82, 2.24) is 0 Å². The lowest BCUT2D eigenvalue weighted by molar-refractivity contribution is -0.116. The number of benzene rings is 2. The zero-order valence-electron chi connectivity index (χ0n) is 10.9. The fourth-order valence-corrected chi connectivity index (χ4v) is 1.97. The summed E-state index contributed by atoms with van der Waals surface area (Å²) in [5, 5.41) is 3.15. The van der Waals surface area contributed by atoms with Gasteiger partial charge in [0.05, 0.1) is 23.7 Å². The van der Waals surface area contributed by atoms with E-state index in [0.29, 0.717) is 15.8 Å². The number of hydrogen-bond donors (Lipinski definition) is 1. The van der Waals surface area contributed by atoms with Crippen molar-refractivity contribution < 1.29 is 13.9 Å². The van der Waals surface area contributed by atoms with Crippen LogP contribution in [0.5, 0.6) is 5.75 Å². The quantitative estimate of drug-likeness (QED) is 0.875. The lowest BCUT2D eigenvalue weighted by Gasteiger charge is -2.09. The molecule has 3 nitrogen and oxygen atoms in total.